The zero-order chi connectivity index (χ0) is 24.9. The summed E-state index contributed by atoms with van der Waals surface area (Å²) in [6.45, 7) is 1.44. The van der Waals surface area contributed by atoms with Crippen molar-refractivity contribution in [3.05, 3.63) is 47.5 Å². The van der Waals surface area contributed by atoms with Crippen LogP contribution in [0, 0.1) is 0 Å². The first-order chi connectivity index (χ1) is 16.4. The number of carbonyl (C=O) groups is 3. The molecule has 0 fully saturated rings. The fourth-order valence-electron chi connectivity index (χ4n) is 2.68. The van der Waals surface area contributed by atoms with E-state index in [0.29, 0.717) is 34.1 Å². The molecule has 34 heavy (non-hydrogen) atoms. The molecule has 0 aliphatic carbocycles. The van der Waals surface area contributed by atoms with Crippen molar-refractivity contribution >= 4 is 24.0 Å². The van der Waals surface area contributed by atoms with Crippen LogP contribution in [0.5, 0.6) is 23.0 Å². The Labute approximate surface area is 197 Å². The molecule has 11 heteroatoms. The van der Waals surface area contributed by atoms with Crippen LogP contribution in [0.1, 0.15) is 22.8 Å². The number of hydrogen-bond acceptors (Lipinski definition) is 9. The number of nitrogens with zero attached hydrogens (tertiary/aromatic N) is 1. The van der Waals surface area contributed by atoms with Crippen molar-refractivity contribution in [3.8, 4) is 23.0 Å². The minimum Gasteiger partial charge on any atom is -0.493 e. The number of ether oxygens (including phenoxy) is 5. The van der Waals surface area contributed by atoms with E-state index in [2.05, 4.69) is 15.8 Å². The molecule has 11 nitrogen and oxygen atoms in total. The third-order valence-electron chi connectivity index (χ3n) is 4.30. The summed E-state index contributed by atoms with van der Waals surface area (Å²) in [4.78, 5) is 35.7. The van der Waals surface area contributed by atoms with Crippen LogP contribution in [0.25, 0.3) is 0 Å². The van der Waals surface area contributed by atoms with Crippen molar-refractivity contribution in [2.24, 2.45) is 5.10 Å². The van der Waals surface area contributed by atoms with Gasteiger partial charge in [-0.3, -0.25) is 9.59 Å². The summed E-state index contributed by atoms with van der Waals surface area (Å²) in [5, 5.41) is 6.36. The molecule has 182 valence electrons. The molecule has 0 heterocycles. The first-order valence-corrected chi connectivity index (χ1v) is 10.2. The van der Waals surface area contributed by atoms with Crippen LogP contribution < -0.4 is 29.7 Å². The van der Waals surface area contributed by atoms with Gasteiger partial charge in [0.05, 0.1) is 40.7 Å². The minimum atomic E-state index is -0.522. The SMILES string of the molecule is CCOC(=O)COc1ccc(/C=N\NC(=O)CNC(=O)c2ccc(OC)c(OC)c2)cc1OC. The van der Waals surface area contributed by atoms with Crippen LogP contribution >= 0.6 is 0 Å². The number of nitrogens with one attached hydrogen (secondary N) is 2. The average molecular weight is 473 g/mol. The molecule has 2 N–H and O–H groups in total. The standard InChI is InChI=1S/C23H27N3O8/c1-5-33-22(28)14-34-18-8-6-15(10-19(18)31-3)12-25-26-21(27)13-24-23(29)16-7-9-17(30-2)20(11-16)32-4/h6-12H,5,13-14H2,1-4H3,(H,24,29)(H,26,27)/b25-12-. The quantitative estimate of drug-likeness (QED) is 0.269. The van der Waals surface area contributed by atoms with Gasteiger partial charge < -0.3 is 29.0 Å². The molecule has 2 amide bonds. The van der Waals surface area contributed by atoms with E-state index in [1.54, 1.807) is 37.3 Å². The Morgan fingerprint density at radius 2 is 1.59 bits per heavy atom. The average Bonchev–Trinajstić information content (AvgIpc) is 2.85. The van der Waals surface area contributed by atoms with Crippen molar-refractivity contribution in [2.45, 2.75) is 6.92 Å². The molecule has 0 spiro atoms. The van der Waals surface area contributed by atoms with Gasteiger partial charge in [-0.2, -0.15) is 5.10 Å². The molecule has 0 radical (unpaired) electrons. The number of hydrazone groups is 1. The third-order valence-corrected chi connectivity index (χ3v) is 4.30. The van der Waals surface area contributed by atoms with E-state index in [-0.39, 0.29) is 19.8 Å². The van der Waals surface area contributed by atoms with E-state index >= 15 is 0 Å². The molecular formula is C23H27N3O8. The van der Waals surface area contributed by atoms with Gasteiger partial charge in [0.2, 0.25) is 0 Å². The predicted molar refractivity (Wildman–Crippen MR) is 123 cm³/mol. The van der Waals surface area contributed by atoms with Crippen LogP contribution in [-0.2, 0) is 14.3 Å². The van der Waals surface area contributed by atoms with Crippen molar-refractivity contribution in [2.75, 3.05) is 41.1 Å². The summed E-state index contributed by atoms with van der Waals surface area (Å²) in [5.41, 5.74) is 3.24. The Morgan fingerprint density at radius 1 is 0.912 bits per heavy atom. The molecule has 0 atom stereocenters. The van der Waals surface area contributed by atoms with Gasteiger partial charge >= 0.3 is 5.97 Å². The van der Waals surface area contributed by atoms with Crippen molar-refractivity contribution < 1.29 is 38.1 Å². The smallest absolute Gasteiger partial charge is 0.344 e. The lowest BCUT2D eigenvalue weighted by atomic mass is 10.2. The van der Waals surface area contributed by atoms with Crippen LogP contribution in [-0.4, -0.2) is 65.1 Å². The van der Waals surface area contributed by atoms with Gasteiger partial charge in [0.25, 0.3) is 11.8 Å². The van der Waals surface area contributed by atoms with Gasteiger partial charge in [-0.25, -0.2) is 10.2 Å². The van der Waals surface area contributed by atoms with Crippen LogP contribution in [0.3, 0.4) is 0 Å². The van der Waals surface area contributed by atoms with Crippen molar-refractivity contribution in [3.63, 3.8) is 0 Å². The van der Waals surface area contributed by atoms with Gasteiger partial charge in [0.1, 0.15) is 0 Å². The maximum absolute atomic E-state index is 12.3. The number of amides is 2. The highest BCUT2D eigenvalue weighted by molar-refractivity contribution is 5.97. The summed E-state index contributed by atoms with van der Waals surface area (Å²) < 4.78 is 25.8. The molecular weight excluding hydrogens is 446 g/mol. The van der Waals surface area contributed by atoms with E-state index in [9.17, 15) is 14.4 Å². The first kappa shape index (κ1) is 26.0. The summed E-state index contributed by atoms with van der Waals surface area (Å²) in [7, 11) is 4.41. The molecule has 2 rings (SSSR count). The van der Waals surface area contributed by atoms with E-state index in [1.807, 2.05) is 0 Å². The van der Waals surface area contributed by atoms with Gasteiger partial charge in [0.15, 0.2) is 29.6 Å². The van der Waals surface area contributed by atoms with Gasteiger partial charge in [-0.05, 0) is 48.9 Å². The van der Waals surface area contributed by atoms with Crippen LogP contribution in [0.2, 0.25) is 0 Å². The summed E-state index contributed by atoms with van der Waals surface area (Å²) >= 11 is 0. The van der Waals surface area contributed by atoms with Crippen molar-refractivity contribution in [1.82, 2.24) is 10.7 Å². The second kappa shape index (κ2) is 13.3. The number of benzene rings is 2. The molecule has 0 saturated heterocycles. The molecule has 2 aromatic rings. The Balaban J connectivity index is 1.87. The lowest BCUT2D eigenvalue weighted by molar-refractivity contribution is -0.145. The van der Waals surface area contributed by atoms with Gasteiger partial charge in [0, 0.05) is 5.56 Å². The fourth-order valence-corrected chi connectivity index (χ4v) is 2.68. The molecule has 0 aromatic heterocycles. The Kier molecular flexibility index (Phi) is 10.2. The minimum absolute atomic E-state index is 0.247. The molecule has 2 aromatic carbocycles. The molecule has 0 aliphatic rings. The highest BCUT2D eigenvalue weighted by Crippen LogP contribution is 2.28. The number of methoxy groups -OCH3 is 3. The maximum Gasteiger partial charge on any atom is 0.344 e. The number of rotatable bonds is 12. The second-order valence-electron chi connectivity index (χ2n) is 6.55. The van der Waals surface area contributed by atoms with E-state index in [0.717, 1.165) is 0 Å². The van der Waals surface area contributed by atoms with Crippen LogP contribution in [0.15, 0.2) is 41.5 Å². The number of esters is 1. The third kappa shape index (κ3) is 7.69. The van der Waals surface area contributed by atoms with Gasteiger partial charge in [-0.1, -0.05) is 0 Å². The highest BCUT2D eigenvalue weighted by Gasteiger charge is 2.12. The predicted octanol–water partition coefficient (Wildman–Crippen LogP) is 1.53. The lowest BCUT2D eigenvalue weighted by Crippen LogP contribution is -2.34. The maximum atomic E-state index is 12.3. The number of carbonyl (C=O) groups excluding carboxylic acids is 3. The molecule has 0 aliphatic heterocycles. The van der Waals surface area contributed by atoms with E-state index in [4.69, 9.17) is 23.7 Å². The summed E-state index contributed by atoms with van der Waals surface area (Å²) in [6, 6.07) is 9.55. The highest BCUT2D eigenvalue weighted by atomic mass is 16.6. The largest absolute Gasteiger partial charge is 0.493 e. The monoisotopic (exact) mass is 473 g/mol. The first-order valence-electron chi connectivity index (χ1n) is 10.2. The van der Waals surface area contributed by atoms with E-state index < -0.39 is 17.8 Å². The Bertz CT molecular complexity index is 1040. The second-order valence-corrected chi connectivity index (χ2v) is 6.55. The number of hydrogen-bond donors (Lipinski definition) is 2. The zero-order valence-electron chi connectivity index (χ0n) is 19.4. The fraction of sp³-hybridized carbons (Fsp3) is 0.304. The molecule has 0 bridgehead atoms. The molecule has 0 saturated carbocycles. The topological polar surface area (TPSA) is 134 Å². The van der Waals surface area contributed by atoms with Crippen LogP contribution in [0.4, 0.5) is 0 Å². The normalized spacial score (nSPS) is 10.4. The Morgan fingerprint density at radius 3 is 2.26 bits per heavy atom. The van der Waals surface area contributed by atoms with Crippen molar-refractivity contribution in [1.29, 1.82) is 0 Å². The summed E-state index contributed by atoms with van der Waals surface area (Å²) in [5.74, 6) is 0.153. The van der Waals surface area contributed by atoms with Gasteiger partial charge in [-0.15, -0.1) is 0 Å². The molecule has 0 unspecified atom stereocenters. The summed E-state index contributed by atoms with van der Waals surface area (Å²) in [6.07, 6.45) is 1.39. The Hall–Kier alpha value is -4.28. The zero-order valence-corrected chi connectivity index (χ0v) is 19.4. The van der Waals surface area contributed by atoms with E-state index in [1.165, 1.54) is 33.6 Å². The lowest BCUT2D eigenvalue weighted by Gasteiger charge is -2.10.